The Labute approximate surface area is 81.8 Å². The molecule has 0 aliphatic heterocycles. The van der Waals surface area contributed by atoms with Gasteiger partial charge >= 0.3 is 0 Å². The lowest BCUT2D eigenvalue weighted by Crippen LogP contribution is -2.05. The fourth-order valence-electron chi connectivity index (χ4n) is 0.964. The summed E-state index contributed by atoms with van der Waals surface area (Å²) in [6.07, 6.45) is 0. The van der Waals surface area contributed by atoms with E-state index in [0.29, 0.717) is 20.2 Å². The molecule has 5 nitrogen and oxygen atoms in total. The van der Waals surface area contributed by atoms with Crippen LogP contribution in [-0.4, -0.2) is 22.0 Å². The summed E-state index contributed by atoms with van der Waals surface area (Å²) < 4.78 is 0.850. The molecule has 3 N–H and O–H groups in total. The Morgan fingerprint density at radius 3 is 3.00 bits per heavy atom. The maximum absolute atomic E-state index is 11.3. The zero-order valence-electron chi connectivity index (χ0n) is 6.67. The van der Waals surface area contributed by atoms with Gasteiger partial charge in [-0.25, -0.2) is 4.98 Å². The molecule has 0 saturated carbocycles. The summed E-state index contributed by atoms with van der Waals surface area (Å²) in [7, 11) is 1.75. The van der Waals surface area contributed by atoms with Gasteiger partial charge in [-0.1, -0.05) is 11.3 Å². The highest BCUT2D eigenvalue weighted by Crippen LogP contribution is 2.19. The van der Waals surface area contributed by atoms with Gasteiger partial charge in [0.1, 0.15) is 4.70 Å². The molecule has 0 spiro atoms. The lowest BCUT2D eigenvalue weighted by atomic mass is 10.6. The number of hydrogen-bond acceptors (Lipinski definition) is 5. The average molecular weight is 214 g/mol. The summed E-state index contributed by atoms with van der Waals surface area (Å²) in [5.41, 5.74) is 0.334. The van der Waals surface area contributed by atoms with Crippen LogP contribution in [0.3, 0.4) is 0 Å². The minimum absolute atomic E-state index is 0.197. The minimum Gasteiger partial charge on any atom is -0.365 e. The summed E-state index contributed by atoms with van der Waals surface area (Å²) in [5, 5.41) is 3.56. The Kier molecular flexibility index (Phi) is 1.89. The second-order valence-corrected chi connectivity index (χ2v) is 3.76. The van der Waals surface area contributed by atoms with Crippen molar-refractivity contribution in [2.24, 2.45) is 0 Å². The molecule has 0 amide bonds. The Morgan fingerprint density at radius 1 is 1.54 bits per heavy atom. The molecule has 68 valence electrons. The van der Waals surface area contributed by atoms with Crippen molar-refractivity contribution in [2.75, 3.05) is 12.4 Å². The molecule has 0 fully saturated rings. The van der Waals surface area contributed by atoms with Crippen molar-refractivity contribution in [1.29, 1.82) is 0 Å². The van der Waals surface area contributed by atoms with Gasteiger partial charge in [0.15, 0.2) is 15.5 Å². The van der Waals surface area contributed by atoms with Crippen molar-refractivity contribution in [3.63, 3.8) is 0 Å². The van der Waals surface area contributed by atoms with E-state index >= 15 is 0 Å². The van der Waals surface area contributed by atoms with Crippen molar-refractivity contribution in [3.8, 4) is 0 Å². The predicted octanol–water partition coefficient (Wildman–Crippen LogP) is 1.08. The van der Waals surface area contributed by atoms with Crippen LogP contribution in [0.1, 0.15) is 0 Å². The molecule has 0 aromatic carbocycles. The Morgan fingerprint density at radius 2 is 2.31 bits per heavy atom. The normalized spacial score (nSPS) is 10.5. The van der Waals surface area contributed by atoms with E-state index in [2.05, 4.69) is 20.3 Å². The molecule has 0 aliphatic carbocycles. The van der Waals surface area contributed by atoms with Crippen LogP contribution < -0.4 is 10.9 Å². The molecule has 7 heteroatoms. The van der Waals surface area contributed by atoms with Crippen molar-refractivity contribution >= 4 is 39.0 Å². The third-order valence-corrected chi connectivity index (χ3v) is 2.78. The van der Waals surface area contributed by atoms with Crippen LogP contribution in [0.4, 0.5) is 5.13 Å². The number of thiazole rings is 1. The van der Waals surface area contributed by atoms with Gasteiger partial charge in [0.05, 0.1) is 0 Å². The van der Waals surface area contributed by atoms with Gasteiger partial charge in [0.25, 0.3) is 5.56 Å². The van der Waals surface area contributed by atoms with Crippen LogP contribution >= 0.6 is 23.6 Å². The minimum atomic E-state index is -0.197. The molecule has 0 aliphatic rings. The maximum atomic E-state index is 11.3. The summed E-state index contributed by atoms with van der Waals surface area (Å²) >= 11 is 6.09. The van der Waals surface area contributed by atoms with Crippen molar-refractivity contribution < 1.29 is 0 Å². The van der Waals surface area contributed by atoms with Crippen LogP contribution in [0.15, 0.2) is 4.79 Å². The van der Waals surface area contributed by atoms with Gasteiger partial charge in [-0.3, -0.25) is 9.78 Å². The molecule has 0 bridgehead atoms. The van der Waals surface area contributed by atoms with Crippen LogP contribution in [0.2, 0.25) is 0 Å². The zero-order valence-corrected chi connectivity index (χ0v) is 8.30. The molecular weight excluding hydrogens is 208 g/mol. The van der Waals surface area contributed by atoms with Crippen LogP contribution in [0, 0.1) is 4.77 Å². The highest BCUT2D eigenvalue weighted by atomic mass is 32.1. The van der Waals surface area contributed by atoms with Crippen molar-refractivity contribution in [2.45, 2.75) is 0 Å². The zero-order chi connectivity index (χ0) is 9.42. The van der Waals surface area contributed by atoms with Gasteiger partial charge in [-0.15, -0.1) is 0 Å². The number of nitrogens with zero attached hydrogens (tertiary/aromatic N) is 1. The molecule has 13 heavy (non-hydrogen) atoms. The Hall–Kier alpha value is -1.21. The molecule has 0 unspecified atom stereocenters. The van der Waals surface area contributed by atoms with E-state index in [1.54, 1.807) is 7.05 Å². The fourth-order valence-corrected chi connectivity index (χ4v) is 1.92. The smallest absolute Gasteiger partial charge is 0.271 e. The number of aromatic amines is 2. The number of rotatable bonds is 1. The second kappa shape index (κ2) is 2.93. The topological polar surface area (TPSA) is 73.6 Å². The molecule has 0 saturated heterocycles. The third-order valence-electron chi connectivity index (χ3n) is 1.51. The van der Waals surface area contributed by atoms with E-state index in [1.807, 2.05) is 0 Å². The number of fused-ring (bicyclic) bond motifs is 1. The first kappa shape index (κ1) is 8.39. The van der Waals surface area contributed by atoms with Gasteiger partial charge < -0.3 is 10.3 Å². The highest BCUT2D eigenvalue weighted by Gasteiger charge is 2.05. The quantitative estimate of drug-likeness (QED) is 0.621. The summed E-state index contributed by atoms with van der Waals surface area (Å²) in [6, 6.07) is 0. The SMILES string of the molecule is CNc1nc2[nH]c(=S)[nH]c(=O)c2s1. The molecule has 2 heterocycles. The molecule has 2 aromatic rings. The van der Waals surface area contributed by atoms with Crippen molar-refractivity contribution in [3.05, 3.63) is 15.1 Å². The number of aromatic nitrogens is 3. The average Bonchev–Trinajstić information content (AvgIpc) is 2.47. The third kappa shape index (κ3) is 1.36. The molecule has 2 rings (SSSR count). The van der Waals surface area contributed by atoms with E-state index in [-0.39, 0.29) is 5.56 Å². The maximum Gasteiger partial charge on any atom is 0.271 e. The largest absolute Gasteiger partial charge is 0.365 e. The number of anilines is 1. The molecule has 2 aromatic heterocycles. The van der Waals surface area contributed by atoms with Gasteiger partial charge in [0.2, 0.25) is 0 Å². The van der Waals surface area contributed by atoms with E-state index in [1.165, 1.54) is 11.3 Å². The number of H-pyrrole nitrogens is 2. The summed E-state index contributed by atoms with van der Waals surface area (Å²) in [5.74, 6) is 0. The van der Waals surface area contributed by atoms with Crippen LogP contribution in [0.5, 0.6) is 0 Å². The van der Waals surface area contributed by atoms with Crippen molar-refractivity contribution in [1.82, 2.24) is 15.0 Å². The van der Waals surface area contributed by atoms with Gasteiger partial charge in [-0.05, 0) is 12.2 Å². The van der Waals surface area contributed by atoms with E-state index in [4.69, 9.17) is 12.2 Å². The Balaban J connectivity index is 2.91. The first-order valence-electron chi connectivity index (χ1n) is 3.51. The van der Waals surface area contributed by atoms with Crippen LogP contribution in [0.25, 0.3) is 10.3 Å². The second-order valence-electron chi connectivity index (χ2n) is 2.35. The first-order valence-corrected chi connectivity index (χ1v) is 4.74. The predicted molar refractivity (Wildman–Crippen MR) is 55.0 cm³/mol. The van der Waals surface area contributed by atoms with Gasteiger partial charge in [-0.2, -0.15) is 0 Å². The van der Waals surface area contributed by atoms with Gasteiger partial charge in [0, 0.05) is 7.05 Å². The highest BCUT2D eigenvalue weighted by molar-refractivity contribution is 7.71. The first-order chi connectivity index (χ1) is 6.20. The van der Waals surface area contributed by atoms with Crippen LogP contribution in [-0.2, 0) is 0 Å². The molecule has 0 radical (unpaired) electrons. The lowest BCUT2D eigenvalue weighted by Gasteiger charge is -1.85. The fraction of sp³-hybridized carbons (Fsp3) is 0.167. The number of nitrogens with one attached hydrogen (secondary N) is 3. The van der Waals surface area contributed by atoms with E-state index in [9.17, 15) is 4.79 Å². The Bertz CT molecular complexity index is 551. The molecular formula is C6H6N4OS2. The van der Waals surface area contributed by atoms with E-state index < -0.39 is 0 Å². The number of hydrogen-bond donors (Lipinski definition) is 3. The summed E-state index contributed by atoms with van der Waals surface area (Å²) in [6.45, 7) is 0. The standard InChI is InChI=1S/C6H6N4OS2/c1-7-6-9-3-2(13-6)4(11)10-5(12)8-3/h1H3,(H3,7,8,9,10,11,12). The molecule has 0 atom stereocenters. The monoisotopic (exact) mass is 214 g/mol. The lowest BCUT2D eigenvalue weighted by molar-refractivity contribution is 1.13. The summed E-state index contributed by atoms with van der Waals surface area (Å²) in [4.78, 5) is 20.7. The van der Waals surface area contributed by atoms with E-state index in [0.717, 1.165) is 0 Å².